The fourth-order valence-corrected chi connectivity index (χ4v) is 4.58. The first-order valence-electron chi connectivity index (χ1n) is 9.78. The molecule has 1 aliphatic heterocycles. The minimum absolute atomic E-state index is 0.0159. The van der Waals surface area contributed by atoms with Crippen LogP contribution in [0.3, 0.4) is 0 Å². The molecule has 4 rings (SSSR count). The average molecular weight is 406 g/mol. The summed E-state index contributed by atoms with van der Waals surface area (Å²) in [7, 11) is 0. The Morgan fingerprint density at radius 2 is 1.90 bits per heavy atom. The second kappa shape index (κ2) is 8.17. The molecule has 0 spiro atoms. The lowest BCUT2D eigenvalue weighted by Gasteiger charge is -2.18. The van der Waals surface area contributed by atoms with Crippen LogP contribution in [0.2, 0.25) is 0 Å². The minimum atomic E-state index is -0.378. The number of carbonyl (C=O) groups excluding carboxylic acids is 2. The smallest absolute Gasteiger partial charge is 0.231 e. The summed E-state index contributed by atoms with van der Waals surface area (Å²) in [6.45, 7) is 4.46. The van der Waals surface area contributed by atoms with Gasteiger partial charge in [-0.2, -0.15) is 0 Å². The maximum atomic E-state index is 12.8. The maximum Gasteiger partial charge on any atom is 0.231 e. The molecule has 0 bridgehead atoms. The van der Waals surface area contributed by atoms with E-state index in [1.54, 1.807) is 4.90 Å². The molecule has 1 atom stereocenters. The molecule has 0 aliphatic carbocycles. The summed E-state index contributed by atoms with van der Waals surface area (Å²) in [4.78, 5) is 32.9. The number of anilines is 2. The van der Waals surface area contributed by atoms with E-state index in [1.807, 2.05) is 61.5 Å². The number of nitrogens with one attached hydrogen (secondary N) is 1. The maximum absolute atomic E-state index is 12.8. The zero-order valence-electron chi connectivity index (χ0n) is 16.5. The van der Waals surface area contributed by atoms with Crippen molar-refractivity contribution in [3.05, 3.63) is 65.0 Å². The van der Waals surface area contributed by atoms with Crippen molar-refractivity contribution in [1.29, 1.82) is 0 Å². The Kier molecular flexibility index (Phi) is 5.45. The highest BCUT2D eigenvalue weighted by Gasteiger charge is 2.36. The molecule has 148 valence electrons. The third-order valence-corrected chi connectivity index (χ3v) is 6.31. The highest BCUT2D eigenvalue weighted by molar-refractivity contribution is 7.16. The number of benzene rings is 2. The van der Waals surface area contributed by atoms with Gasteiger partial charge < -0.3 is 10.2 Å². The number of rotatable bonds is 5. The summed E-state index contributed by atoms with van der Waals surface area (Å²) in [5.74, 6) is -0.542. The molecule has 2 aromatic carbocycles. The second-order valence-corrected chi connectivity index (χ2v) is 8.28. The van der Waals surface area contributed by atoms with Gasteiger partial charge in [-0.3, -0.25) is 9.59 Å². The molecule has 0 unspecified atom stereocenters. The number of nitrogens with zero attached hydrogens (tertiary/aromatic N) is 2. The molecule has 5 nitrogen and oxygen atoms in total. The summed E-state index contributed by atoms with van der Waals surface area (Å²) in [5.41, 5.74) is 3.86. The van der Waals surface area contributed by atoms with E-state index in [4.69, 9.17) is 0 Å². The molecule has 0 saturated carbocycles. The molecule has 2 heterocycles. The number of hydrogen-bond donors (Lipinski definition) is 1. The number of aromatic nitrogens is 1. The van der Waals surface area contributed by atoms with Gasteiger partial charge in [0.25, 0.3) is 0 Å². The first-order valence-corrected chi connectivity index (χ1v) is 10.6. The number of para-hydroxylation sites is 1. The lowest BCUT2D eigenvalue weighted by Crippen LogP contribution is -2.28. The molecule has 3 aromatic rings. The number of carbonyl (C=O) groups is 2. The number of thiazole rings is 1. The topological polar surface area (TPSA) is 62.3 Å². The summed E-state index contributed by atoms with van der Waals surface area (Å²) >= 11 is 1.50. The number of hydrogen-bond acceptors (Lipinski definition) is 4. The lowest BCUT2D eigenvalue weighted by atomic mass is 10.1. The van der Waals surface area contributed by atoms with Crippen LogP contribution in [0, 0.1) is 12.8 Å². The van der Waals surface area contributed by atoms with Crippen molar-refractivity contribution in [2.24, 2.45) is 5.92 Å². The van der Waals surface area contributed by atoms with E-state index >= 15 is 0 Å². The summed E-state index contributed by atoms with van der Waals surface area (Å²) in [6.07, 6.45) is 1.07. The van der Waals surface area contributed by atoms with Gasteiger partial charge in [0.05, 0.1) is 11.6 Å². The van der Waals surface area contributed by atoms with Crippen LogP contribution >= 0.6 is 11.3 Å². The zero-order chi connectivity index (χ0) is 20.4. The van der Waals surface area contributed by atoms with Crippen LogP contribution in [0.4, 0.5) is 10.8 Å². The third-order valence-electron chi connectivity index (χ3n) is 5.20. The van der Waals surface area contributed by atoms with Crippen LogP contribution < -0.4 is 10.2 Å². The van der Waals surface area contributed by atoms with Crippen molar-refractivity contribution in [3.8, 4) is 11.3 Å². The normalized spacial score (nSPS) is 16.3. The SMILES string of the molecule is CCc1sc(NC(=O)[C@H]2CC(=O)N(c3ccccc3C)C2)nc1-c1ccccc1. The van der Waals surface area contributed by atoms with Gasteiger partial charge >= 0.3 is 0 Å². The Morgan fingerprint density at radius 3 is 2.62 bits per heavy atom. The lowest BCUT2D eigenvalue weighted by molar-refractivity contribution is -0.122. The van der Waals surface area contributed by atoms with Gasteiger partial charge in [0, 0.05) is 29.1 Å². The van der Waals surface area contributed by atoms with Crippen molar-refractivity contribution in [2.75, 3.05) is 16.8 Å². The van der Waals surface area contributed by atoms with Gasteiger partial charge in [0.2, 0.25) is 11.8 Å². The largest absolute Gasteiger partial charge is 0.311 e. The summed E-state index contributed by atoms with van der Waals surface area (Å²) in [5, 5.41) is 3.54. The van der Waals surface area contributed by atoms with E-state index in [0.29, 0.717) is 11.7 Å². The Labute approximate surface area is 174 Å². The predicted octanol–water partition coefficient (Wildman–Crippen LogP) is 4.67. The molecule has 1 aromatic heterocycles. The average Bonchev–Trinajstić information content (AvgIpc) is 3.32. The Bertz CT molecular complexity index is 1050. The molecule has 1 N–H and O–H groups in total. The Morgan fingerprint density at radius 1 is 1.17 bits per heavy atom. The minimum Gasteiger partial charge on any atom is -0.311 e. The number of amides is 2. The molecule has 0 radical (unpaired) electrons. The van der Waals surface area contributed by atoms with E-state index in [-0.39, 0.29) is 24.2 Å². The molecule has 29 heavy (non-hydrogen) atoms. The quantitative estimate of drug-likeness (QED) is 0.671. The monoisotopic (exact) mass is 405 g/mol. The Balaban J connectivity index is 1.50. The molecule has 2 amide bonds. The highest BCUT2D eigenvalue weighted by atomic mass is 32.1. The van der Waals surface area contributed by atoms with Gasteiger partial charge in [-0.1, -0.05) is 55.5 Å². The van der Waals surface area contributed by atoms with Crippen LogP contribution in [0.15, 0.2) is 54.6 Å². The van der Waals surface area contributed by atoms with Crippen LogP contribution in [0.25, 0.3) is 11.3 Å². The van der Waals surface area contributed by atoms with Gasteiger partial charge in [-0.15, -0.1) is 11.3 Å². The molecule has 1 saturated heterocycles. The van der Waals surface area contributed by atoms with Crippen LogP contribution in [0.5, 0.6) is 0 Å². The Hall–Kier alpha value is -2.99. The molecular weight excluding hydrogens is 382 g/mol. The van der Waals surface area contributed by atoms with Crippen molar-refractivity contribution >= 4 is 34.0 Å². The summed E-state index contributed by atoms with van der Waals surface area (Å²) < 4.78 is 0. The molecule has 1 fully saturated rings. The number of aryl methyl sites for hydroxylation is 2. The van der Waals surface area contributed by atoms with Gasteiger partial charge in [-0.25, -0.2) is 4.98 Å². The van der Waals surface area contributed by atoms with Crippen molar-refractivity contribution < 1.29 is 9.59 Å². The summed E-state index contributed by atoms with van der Waals surface area (Å²) in [6, 6.07) is 17.7. The van der Waals surface area contributed by atoms with Crippen molar-refractivity contribution in [1.82, 2.24) is 4.98 Å². The van der Waals surface area contributed by atoms with E-state index in [0.717, 1.165) is 33.8 Å². The zero-order valence-corrected chi connectivity index (χ0v) is 17.3. The van der Waals surface area contributed by atoms with Crippen molar-refractivity contribution in [2.45, 2.75) is 26.7 Å². The van der Waals surface area contributed by atoms with E-state index in [2.05, 4.69) is 17.2 Å². The molecule has 6 heteroatoms. The van der Waals surface area contributed by atoms with Crippen LogP contribution in [-0.2, 0) is 16.0 Å². The molecule has 1 aliphatic rings. The van der Waals surface area contributed by atoms with E-state index < -0.39 is 0 Å². The first-order chi connectivity index (χ1) is 14.1. The van der Waals surface area contributed by atoms with Crippen LogP contribution in [0.1, 0.15) is 23.8 Å². The van der Waals surface area contributed by atoms with Crippen molar-refractivity contribution in [3.63, 3.8) is 0 Å². The van der Waals surface area contributed by atoms with Crippen LogP contribution in [-0.4, -0.2) is 23.3 Å². The first kappa shape index (κ1) is 19.3. The second-order valence-electron chi connectivity index (χ2n) is 7.19. The van der Waals surface area contributed by atoms with E-state index in [9.17, 15) is 9.59 Å². The molecular formula is C23H23N3O2S. The highest BCUT2D eigenvalue weighted by Crippen LogP contribution is 2.33. The standard InChI is InChI=1S/C23H23N3O2S/c1-3-19-21(16-10-5-4-6-11-16)24-23(29-19)25-22(28)17-13-20(27)26(14-17)18-12-8-7-9-15(18)2/h4-12,17H,3,13-14H2,1-2H3,(H,24,25,28)/t17-/m0/s1. The van der Waals surface area contributed by atoms with Gasteiger partial charge in [-0.05, 0) is 25.0 Å². The predicted molar refractivity (Wildman–Crippen MR) is 117 cm³/mol. The van der Waals surface area contributed by atoms with E-state index in [1.165, 1.54) is 11.3 Å². The van der Waals surface area contributed by atoms with Gasteiger partial charge in [0.15, 0.2) is 5.13 Å². The third kappa shape index (κ3) is 3.93. The fourth-order valence-electron chi connectivity index (χ4n) is 3.66. The van der Waals surface area contributed by atoms with Gasteiger partial charge in [0.1, 0.15) is 0 Å². The fraction of sp³-hybridized carbons (Fsp3) is 0.261.